The smallest absolute Gasteiger partial charge is 0.371 e. The normalized spacial score (nSPS) is 11.8. The number of aliphatic carboxylic acids is 1. The Morgan fingerprint density at radius 1 is 1.10 bits per heavy atom. The topological polar surface area (TPSA) is 99.1 Å². The zero-order valence-corrected chi connectivity index (χ0v) is 17.4. The molecule has 8 heteroatoms. The number of unbranched alkanes of at least 4 members (excludes halogenated alkanes) is 1. The third kappa shape index (κ3) is 6.25. The lowest BCUT2D eigenvalue weighted by Crippen LogP contribution is -2.11. The summed E-state index contributed by atoms with van der Waals surface area (Å²) in [6.45, 7) is 4.22. The molecule has 0 atom stereocenters. The van der Waals surface area contributed by atoms with Gasteiger partial charge in [-0.15, -0.1) is 0 Å². The van der Waals surface area contributed by atoms with Crippen LogP contribution >= 0.6 is 0 Å². The number of ether oxygens (including phenoxy) is 2. The highest BCUT2D eigenvalue weighted by molar-refractivity contribution is 7.87. The summed E-state index contributed by atoms with van der Waals surface area (Å²) in [7, 11) is -2.80. The molecule has 0 fully saturated rings. The molecule has 0 bridgehead atoms. The maximum absolute atomic E-state index is 12.6. The van der Waals surface area contributed by atoms with Gasteiger partial charge in [-0.25, -0.2) is 4.79 Å². The van der Waals surface area contributed by atoms with E-state index in [1.807, 2.05) is 13.8 Å². The number of carboxylic acids is 1. The highest BCUT2D eigenvalue weighted by Crippen LogP contribution is 2.32. The lowest BCUT2D eigenvalue weighted by Gasteiger charge is -2.14. The summed E-state index contributed by atoms with van der Waals surface area (Å²) >= 11 is 0. The van der Waals surface area contributed by atoms with Gasteiger partial charge in [0.15, 0.2) is 11.5 Å². The van der Waals surface area contributed by atoms with Crippen molar-refractivity contribution in [2.24, 2.45) is 0 Å². The molecule has 2 rings (SSSR count). The van der Waals surface area contributed by atoms with Crippen molar-refractivity contribution in [3.8, 4) is 11.5 Å². The Morgan fingerprint density at radius 2 is 1.79 bits per heavy atom. The number of carbonyl (C=O) groups is 1. The maximum atomic E-state index is 12.6. The molecular weight excluding hydrogens is 396 g/mol. The minimum Gasteiger partial charge on any atom is -0.490 e. The van der Waals surface area contributed by atoms with Gasteiger partial charge in [0.05, 0.1) is 13.7 Å². The summed E-state index contributed by atoms with van der Waals surface area (Å²) in [5.41, 5.74) is 1.40. The van der Waals surface area contributed by atoms with Crippen LogP contribution in [-0.2, 0) is 19.6 Å². The summed E-state index contributed by atoms with van der Waals surface area (Å²) in [6, 6.07) is 10.8. The molecule has 0 aliphatic heterocycles. The first-order valence-electron chi connectivity index (χ1n) is 9.04. The van der Waals surface area contributed by atoms with E-state index < -0.39 is 16.1 Å². The number of carboxylic acid groups (broad SMARTS) is 1. The second-order valence-electron chi connectivity index (χ2n) is 6.28. The Balaban J connectivity index is 2.39. The van der Waals surface area contributed by atoms with Gasteiger partial charge in [-0.2, -0.15) is 8.42 Å². The first-order chi connectivity index (χ1) is 13.8. The van der Waals surface area contributed by atoms with Crippen LogP contribution in [0.1, 0.15) is 30.9 Å². The predicted molar refractivity (Wildman–Crippen MR) is 108 cm³/mol. The van der Waals surface area contributed by atoms with Crippen molar-refractivity contribution >= 4 is 22.2 Å². The Kier molecular flexibility index (Phi) is 7.67. The molecular formula is C21H24O7S. The van der Waals surface area contributed by atoms with Crippen molar-refractivity contribution in [1.82, 2.24) is 0 Å². The SMILES string of the molecule is CCCCOc1cc(C=C(OC)C(=O)O)ccc1OS(=O)(=O)c1ccc(C)cc1. The molecule has 2 aromatic carbocycles. The molecule has 29 heavy (non-hydrogen) atoms. The number of aryl methyl sites for hydroxylation is 1. The fourth-order valence-corrected chi connectivity index (χ4v) is 3.29. The van der Waals surface area contributed by atoms with Gasteiger partial charge in [0, 0.05) is 0 Å². The van der Waals surface area contributed by atoms with Gasteiger partial charge in [-0.1, -0.05) is 37.1 Å². The van der Waals surface area contributed by atoms with E-state index in [2.05, 4.69) is 0 Å². The van der Waals surface area contributed by atoms with Crippen LogP contribution in [0.3, 0.4) is 0 Å². The third-order valence-corrected chi connectivity index (χ3v) is 5.21. The van der Waals surface area contributed by atoms with Gasteiger partial charge >= 0.3 is 16.1 Å². The van der Waals surface area contributed by atoms with Crippen LogP contribution in [-0.4, -0.2) is 33.2 Å². The van der Waals surface area contributed by atoms with Crippen LogP contribution in [0.5, 0.6) is 11.5 Å². The number of hydrogen-bond donors (Lipinski definition) is 1. The second kappa shape index (κ2) is 9.97. The van der Waals surface area contributed by atoms with Crippen molar-refractivity contribution in [2.45, 2.75) is 31.6 Å². The average molecular weight is 420 g/mol. The van der Waals surface area contributed by atoms with Gasteiger partial charge in [0.2, 0.25) is 5.76 Å². The zero-order valence-electron chi connectivity index (χ0n) is 16.5. The van der Waals surface area contributed by atoms with Crippen LogP contribution in [0, 0.1) is 6.92 Å². The largest absolute Gasteiger partial charge is 0.490 e. The van der Waals surface area contributed by atoms with E-state index in [0.717, 1.165) is 18.4 Å². The van der Waals surface area contributed by atoms with E-state index in [4.69, 9.17) is 18.8 Å². The third-order valence-electron chi connectivity index (χ3n) is 3.96. The molecule has 0 radical (unpaired) electrons. The Labute approximate surface area is 170 Å². The number of methoxy groups -OCH3 is 1. The molecule has 0 aromatic heterocycles. The minimum absolute atomic E-state index is 0.0214. The summed E-state index contributed by atoms with van der Waals surface area (Å²) in [4.78, 5) is 11.2. The molecule has 0 amide bonds. The van der Waals surface area contributed by atoms with E-state index in [9.17, 15) is 13.2 Å². The van der Waals surface area contributed by atoms with Gasteiger partial charge < -0.3 is 18.8 Å². The fourth-order valence-electron chi connectivity index (χ4n) is 2.35. The molecule has 2 aromatic rings. The molecule has 0 unspecified atom stereocenters. The monoisotopic (exact) mass is 420 g/mol. The minimum atomic E-state index is -4.05. The van der Waals surface area contributed by atoms with Gasteiger partial charge in [0.1, 0.15) is 4.90 Å². The van der Waals surface area contributed by atoms with Crippen molar-refractivity contribution < 1.29 is 32.0 Å². The molecule has 7 nitrogen and oxygen atoms in total. The van der Waals surface area contributed by atoms with Gasteiger partial charge in [-0.3, -0.25) is 0 Å². The Morgan fingerprint density at radius 3 is 2.38 bits per heavy atom. The van der Waals surface area contributed by atoms with Crippen molar-refractivity contribution in [3.63, 3.8) is 0 Å². The van der Waals surface area contributed by atoms with E-state index >= 15 is 0 Å². The first-order valence-corrected chi connectivity index (χ1v) is 10.4. The molecule has 0 aliphatic rings. The highest BCUT2D eigenvalue weighted by atomic mass is 32.2. The van der Waals surface area contributed by atoms with E-state index in [1.54, 1.807) is 12.1 Å². The van der Waals surface area contributed by atoms with E-state index in [-0.39, 0.29) is 22.2 Å². The number of hydrogen-bond acceptors (Lipinski definition) is 6. The molecule has 0 spiro atoms. The number of benzene rings is 2. The lowest BCUT2D eigenvalue weighted by atomic mass is 10.2. The zero-order chi connectivity index (χ0) is 21.4. The maximum Gasteiger partial charge on any atom is 0.371 e. The van der Waals surface area contributed by atoms with Crippen LogP contribution in [0.15, 0.2) is 53.1 Å². The molecule has 1 N–H and O–H groups in total. The summed E-state index contributed by atoms with van der Waals surface area (Å²) in [5.74, 6) is -1.26. The van der Waals surface area contributed by atoms with Crippen LogP contribution < -0.4 is 8.92 Å². The first kappa shape index (κ1) is 22.3. The summed E-state index contributed by atoms with van der Waals surface area (Å²) < 4.78 is 41.0. The fraction of sp³-hybridized carbons (Fsp3) is 0.286. The standard InChI is InChI=1S/C21H24O7S/c1-4-5-12-27-19-13-16(14-20(26-3)21(22)23)8-11-18(19)28-29(24,25)17-9-6-15(2)7-10-17/h6-11,13-14H,4-5,12H2,1-3H3,(H,22,23). The van der Waals surface area contributed by atoms with E-state index in [0.29, 0.717) is 12.2 Å². The molecule has 0 aliphatic carbocycles. The van der Waals surface area contributed by atoms with Gasteiger partial charge in [-0.05, 0) is 49.2 Å². The quantitative estimate of drug-likeness (QED) is 0.268. The van der Waals surface area contributed by atoms with Crippen LogP contribution in [0.4, 0.5) is 0 Å². The Hall–Kier alpha value is -3.00. The summed E-state index contributed by atoms with van der Waals surface area (Å²) in [6.07, 6.45) is 2.97. The van der Waals surface area contributed by atoms with E-state index in [1.165, 1.54) is 43.5 Å². The molecule has 156 valence electrons. The van der Waals surface area contributed by atoms with Crippen LogP contribution in [0.25, 0.3) is 6.08 Å². The van der Waals surface area contributed by atoms with Crippen molar-refractivity contribution in [3.05, 3.63) is 59.4 Å². The molecule has 0 saturated heterocycles. The Bertz CT molecular complexity index is 977. The number of rotatable bonds is 10. The van der Waals surface area contributed by atoms with Crippen molar-refractivity contribution in [2.75, 3.05) is 13.7 Å². The molecule has 0 heterocycles. The molecule has 0 saturated carbocycles. The van der Waals surface area contributed by atoms with Gasteiger partial charge in [0.25, 0.3) is 0 Å². The van der Waals surface area contributed by atoms with Crippen molar-refractivity contribution in [1.29, 1.82) is 0 Å². The average Bonchev–Trinajstić information content (AvgIpc) is 2.68. The van der Waals surface area contributed by atoms with Crippen LogP contribution in [0.2, 0.25) is 0 Å². The summed E-state index contributed by atoms with van der Waals surface area (Å²) in [5, 5.41) is 9.10. The highest BCUT2D eigenvalue weighted by Gasteiger charge is 2.20. The predicted octanol–water partition coefficient (Wildman–Crippen LogP) is 4.01. The lowest BCUT2D eigenvalue weighted by molar-refractivity contribution is -0.135. The second-order valence-corrected chi connectivity index (χ2v) is 7.82.